The Balaban J connectivity index is 2.28. The zero-order chi connectivity index (χ0) is 19.6. The Labute approximate surface area is 164 Å². The van der Waals surface area contributed by atoms with E-state index in [2.05, 4.69) is 30.0 Å². The molecular formula is C21H20ClN5. The van der Waals surface area contributed by atoms with E-state index in [0.717, 1.165) is 18.5 Å². The van der Waals surface area contributed by atoms with Crippen LogP contribution in [0.25, 0.3) is 0 Å². The smallest absolute Gasteiger partial charge is 0.204 e. The zero-order valence-corrected chi connectivity index (χ0v) is 15.9. The summed E-state index contributed by atoms with van der Waals surface area (Å²) in [6.07, 6.45) is 2.94. The third-order valence-corrected chi connectivity index (χ3v) is 5.84. The fourth-order valence-electron chi connectivity index (χ4n) is 4.27. The molecular weight excluding hydrogens is 358 g/mol. The van der Waals surface area contributed by atoms with E-state index in [9.17, 15) is 15.8 Å². The van der Waals surface area contributed by atoms with Crippen molar-refractivity contribution in [3.05, 3.63) is 57.8 Å². The summed E-state index contributed by atoms with van der Waals surface area (Å²) in [6.45, 7) is 4.33. The molecule has 0 fully saturated rings. The molecule has 2 aliphatic rings. The minimum atomic E-state index is -1.59. The number of nitrogens with two attached hydrogens (primary N) is 1. The lowest BCUT2D eigenvalue weighted by atomic mass is 9.60. The number of benzene rings is 1. The van der Waals surface area contributed by atoms with E-state index < -0.39 is 5.41 Å². The van der Waals surface area contributed by atoms with E-state index in [1.165, 1.54) is 0 Å². The van der Waals surface area contributed by atoms with Gasteiger partial charge in [0.05, 0.1) is 29.5 Å². The lowest BCUT2D eigenvalue weighted by molar-refractivity contribution is 0.225. The molecule has 3 rings (SSSR count). The van der Waals surface area contributed by atoms with Gasteiger partial charge in [0.15, 0.2) is 0 Å². The van der Waals surface area contributed by atoms with Gasteiger partial charge in [-0.05, 0) is 30.2 Å². The van der Waals surface area contributed by atoms with Gasteiger partial charge in [0.1, 0.15) is 0 Å². The molecule has 0 spiro atoms. The maximum absolute atomic E-state index is 9.88. The molecule has 27 heavy (non-hydrogen) atoms. The Hall–Kier alpha value is -2.78. The van der Waals surface area contributed by atoms with Crippen LogP contribution in [0.3, 0.4) is 0 Å². The minimum Gasteiger partial charge on any atom is -0.399 e. The number of rotatable bonds is 3. The molecule has 1 aromatic rings. The van der Waals surface area contributed by atoms with Gasteiger partial charge < -0.3 is 5.73 Å². The highest BCUT2D eigenvalue weighted by Gasteiger charge is 2.52. The van der Waals surface area contributed by atoms with Crippen molar-refractivity contribution in [3.8, 4) is 18.2 Å². The van der Waals surface area contributed by atoms with Crippen molar-refractivity contribution in [2.24, 2.45) is 17.1 Å². The van der Waals surface area contributed by atoms with Crippen LogP contribution in [0.1, 0.15) is 24.8 Å². The minimum absolute atomic E-state index is 0.0337. The maximum atomic E-state index is 9.88. The Morgan fingerprint density at radius 3 is 2.56 bits per heavy atom. The van der Waals surface area contributed by atoms with Crippen LogP contribution in [0.4, 0.5) is 0 Å². The van der Waals surface area contributed by atoms with E-state index >= 15 is 0 Å². The number of halogens is 1. The molecule has 0 aromatic heterocycles. The van der Waals surface area contributed by atoms with Gasteiger partial charge >= 0.3 is 0 Å². The standard InChI is InChI=1S/C21H20ClN5/c1-2-8-27-9-7-17-16(11-27)19(14-5-3-4-6-18(14)22)15(10-23)20(26)21(17,12-24)13-25/h3-7,16,19H,2,8-9,11,26H2,1H3. The highest BCUT2D eigenvalue weighted by atomic mass is 35.5. The summed E-state index contributed by atoms with van der Waals surface area (Å²) in [5, 5.41) is 30.2. The summed E-state index contributed by atoms with van der Waals surface area (Å²) in [7, 11) is 0. The lowest BCUT2D eigenvalue weighted by Crippen LogP contribution is -2.47. The molecule has 0 saturated carbocycles. The van der Waals surface area contributed by atoms with Gasteiger partial charge in [0, 0.05) is 29.9 Å². The highest BCUT2D eigenvalue weighted by Crippen LogP contribution is 2.53. The van der Waals surface area contributed by atoms with Crippen molar-refractivity contribution < 1.29 is 0 Å². The third-order valence-electron chi connectivity index (χ3n) is 5.50. The van der Waals surface area contributed by atoms with Crippen LogP contribution in [0.5, 0.6) is 0 Å². The summed E-state index contributed by atoms with van der Waals surface area (Å²) >= 11 is 6.46. The summed E-state index contributed by atoms with van der Waals surface area (Å²) < 4.78 is 0. The van der Waals surface area contributed by atoms with E-state index in [4.69, 9.17) is 17.3 Å². The monoisotopic (exact) mass is 377 g/mol. The van der Waals surface area contributed by atoms with Crippen LogP contribution in [0, 0.1) is 45.3 Å². The van der Waals surface area contributed by atoms with Crippen LogP contribution in [-0.4, -0.2) is 24.5 Å². The van der Waals surface area contributed by atoms with Crippen molar-refractivity contribution in [2.75, 3.05) is 19.6 Å². The molecule has 1 aromatic carbocycles. The number of hydrogen-bond donors (Lipinski definition) is 1. The normalized spacial score (nSPS) is 24.2. The van der Waals surface area contributed by atoms with Gasteiger partial charge in [-0.3, -0.25) is 4.90 Å². The lowest BCUT2D eigenvalue weighted by Gasteiger charge is -2.45. The van der Waals surface area contributed by atoms with Crippen LogP contribution < -0.4 is 5.73 Å². The first-order valence-electron chi connectivity index (χ1n) is 8.94. The number of hydrogen-bond acceptors (Lipinski definition) is 5. The predicted molar refractivity (Wildman–Crippen MR) is 103 cm³/mol. The van der Waals surface area contributed by atoms with E-state index in [0.29, 0.717) is 23.7 Å². The van der Waals surface area contributed by atoms with Crippen molar-refractivity contribution in [2.45, 2.75) is 19.3 Å². The predicted octanol–water partition coefficient (Wildman–Crippen LogP) is 3.48. The largest absolute Gasteiger partial charge is 0.399 e. The van der Waals surface area contributed by atoms with Crippen molar-refractivity contribution in [1.29, 1.82) is 15.8 Å². The number of allylic oxidation sites excluding steroid dienone is 2. The molecule has 136 valence electrons. The Kier molecular flexibility index (Phi) is 5.24. The van der Waals surface area contributed by atoms with E-state index in [1.54, 1.807) is 6.07 Å². The first-order valence-corrected chi connectivity index (χ1v) is 9.31. The van der Waals surface area contributed by atoms with Crippen LogP contribution in [0.2, 0.25) is 5.02 Å². The fraction of sp³-hybridized carbons (Fsp3) is 0.381. The molecule has 0 radical (unpaired) electrons. The number of nitriles is 3. The molecule has 1 heterocycles. The SMILES string of the molecule is CCCN1CC=C2C(C1)C(c1ccccc1Cl)C(C#N)=C(N)C2(C#N)C#N. The van der Waals surface area contributed by atoms with E-state index in [-0.39, 0.29) is 23.1 Å². The average molecular weight is 378 g/mol. The third kappa shape index (κ3) is 2.88. The zero-order valence-electron chi connectivity index (χ0n) is 15.1. The molecule has 2 N–H and O–H groups in total. The van der Waals surface area contributed by atoms with Gasteiger partial charge in [-0.15, -0.1) is 0 Å². The first kappa shape index (κ1) is 19.0. The topological polar surface area (TPSA) is 101 Å². The quantitative estimate of drug-likeness (QED) is 0.812. The number of nitrogens with zero attached hydrogens (tertiary/aromatic N) is 4. The van der Waals surface area contributed by atoms with Gasteiger partial charge in [-0.2, -0.15) is 15.8 Å². The highest BCUT2D eigenvalue weighted by molar-refractivity contribution is 6.31. The van der Waals surface area contributed by atoms with Crippen LogP contribution >= 0.6 is 11.6 Å². The molecule has 0 saturated heterocycles. The first-order chi connectivity index (χ1) is 13.0. The summed E-state index contributed by atoms with van der Waals surface area (Å²) in [6, 6.07) is 13.8. The van der Waals surface area contributed by atoms with Crippen molar-refractivity contribution in [3.63, 3.8) is 0 Å². The van der Waals surface area contributed by atoms with Gasteiger partial charge in [-0.25, -0.2) is 0 Å². The van der Waals surface area contributed by atoms with Crippen molar-refractivity contribution >= 4 is 11.6 Å². The Morgan fingerprint density at radius 1 is 1.26 bits per heavy atom. The molecule has 0 bridgehead atoms. The molecule has 2 atom stereocenters. The van der Waals surface area contributed by atoms with Gasteiger partial charge in [0.2, 0.25) is 5.41 Å². The Bertz CT molecular complexity index is 927. The van der Waals surface area contributed by atoms with Gasteiger partial charge in [0.25, 0.3) is 0 Å². The molecule has 1 aliphatic heterocycles. The summed E-state index contributed by atoms with van der Waals surface area (Å²) in [5.74, 6) is -0.573. The molecule has 0 amide bonds. The summed E-state index contributed by atoms with van der Waals surface area (Å²) in [4.78, 5) is 2.27. The Morgan fingerprint density at radius 2 is 1.96 bits per heavy atom. The fourth-order valence-corrected chi connectivity index (χ4v) is 4.53. The van der Waals surface area contributed by atoms with Crippen molar-refractivity contribution in [1.82, 2.24) is 4.90 Å². The van der Waals surface area contributed by atoms with Crippen LogP contribution in [0.15, 0.2) is 47.2 Å². The second-order valence-corrected chi connectivity index (χ2v) is 7.34. The van der Waals surface area contributed by atoms with Gasteiger partial charge in [-0.1, -0.05) is 42.8 Å². The molecule has 6 heteroatoms. The average Bonchev–Trinajstić information content (AvgIpc) is 2.69. The molecule has 1 aliphatic carbocycles. The molecule has 5 nitrogen and oxygen atoms in total. The second-order valence-electron chi connectivity index (χ2n) is 6.94. The second kappa shape index (κ2) is 7.45. The van der Waals surface area contributed by atoms with Crippen LogP contribution in [-0.2, 0) is 0 Å². The molecule has 2 unspecified atom stereocenters. The van der Waals surface area contributed by atoms with E-state index in [1.807, 2.05) is 24.3 Å². The summed E-state index contributed by atoms with van der Waals surface area (Å²) in [5.41, 5.74) is 6.49. The maximum Gasteiger partial charge on any atom is 0.204 e. The number of fused-ring (bicyclic) bond motifs is 1.